The molecule has 2 aromatic carbocycles. The van der Waals surface area contributed by atoms with Crippen molar-refractivity contribution < 1.29 is 13.2 Å². The molecule has 0 atom stereocenters. The predicted octanol–water partition coefficient (Wildman–Crippen LogP) is 5.89. The van der Waals surface area contributed by atoms with Crippen LogP contribution >= 0.6 is 11.6 Å². The van der Waals surface area contributed by atoms with Crippen LogP contribution in [0.25, 0.3) is 28.2 Å². The van der Waals surface area contributed by atoms with Gasteiger partial charge in [-0.1, -0.05) is 18.2 Å². The van der Waals surface area contributed by atoms with Gasteiger partial charge in [-0.05, 0) is 54.4 Å². The second-order valence-corrected chi connectivity index (χ2v) is 6.67. The molecule has 2 heterocycles. The minimum absolute atomic E-state index is 0.264. The van der Waals surface area contributed by atoms with Crippen molar-refractivity contribution in [2.24, 2.45) is 0 Å². The van der Waals surface area contributed by atoms with Gasteiger partial charge in [-0.2, -0.15) is 13.2 Å². The molecule has 0 aliphatic rings. The van der Waals surface area contributed by atoms with Gasteiger partial charge >= 0.3 is 6.18 Å². The molecular weight excluding hydrogens is 387 g/mol. The van der Waals surface area contributed by atoms with Crippen molar-refractivity contribution in [3.05, 3.63) is 78.0 Å². The van der Waals surface area contributed by atoms with E-state index in [2.05, 4.69) is 9.97 Å². The number of imidazole rings is 1. The molecule has 0 saturated heterocycles. The van der Waals surface area contributed by atoms with Crippen LogP contribution in [0, 0.1) is 0 Å². The normalized spacial score (nSPS) is 11.9. The third-order valence-corrected chi connectivity index (χ3v) is 4.64. The zero-order valence-corrected chi connectivity index (χ0v) is 15.4. The lowest BCUT2D eigenvalue weighted by Crippen LogP contribution is -2.04. The first-order valence-electron chi connectivity index (χ1n) is 8.64. The van der Waals surface area contributed by atoms with E-state index in [0.29, 0.717) is 22.9 Å². The van der Waals surface area contributed by atoms with Gasteiger partial charge in [-0.15, -0.1) is 11.6 Å². The van der Waals surface area contributed by atoms with Gasteiger partial charge in [0.25, 0.3) is 0 Å². The Bertz CT molecular complexity index is 1100. The van der Waals surface area contributed by atoms with E-state index < -0.39 is 11.7 Å². The van der Waals surface area contributed by atoms with E-state index in [1.54, 1.807) is 18.3 Å². The Labute approximate surface area is 164 Å². The molecule has 0 fully saturated rings. The number of alkyl halides is 4. The van der Waals surface area contributed by atoms with Crippen molar-refractivity contribution in [3.63, 3.8) is 0 Å². The average molecular weight is 402 g/mol. The van der Waals surface area contributed by atoms with Crippen LogP contribution in [0.15, 0.2) is 66.9 Å². The molecular formula is C21H15ClF3N3. The number of halogens is 4. The molecule has 0 saturated carbocycles. The Kier molecular flexibility index (Phi) is 4.81. The molecule has 0 bridgehead atoms. The third kappa shape index (κ3) is 3.47. The fourth-order valence-corrected chi connectivity index (χ4v) is 3.32. The smallest absolute Gasteiger partial charge is 0.291 e. The first-order valence-corrected chi connectivity index (χ1v) is 9.17. The van der Waals surface area contributed by atoms with Crippen LogP contribution in [0.3, 0.4) is 0 Å². The van der Waals surface area contributed by atoms with E-state index in [1.807, 2.05) is 34.9 Å². The van der Waals surface area contributed by atoms with E-state index in [0.717, 1.165) is 29.8 Å². The summed E-state index contributed by atoms with van der Waals surface area (Å²) in [5, 5.41) is 0. The number of aromatic nitrogens is 3. The summed E-state index contributed by atoms with van der Waals surface area (Å²) in [5.74, 6) is 1.01. The zero-order valence-electron chi connectivity index (χ0n) is 14.6. The standard InChI is InChI=1S/C21H15ClF3N3/c22-11-10-14-4-7-16(8-5-14)28-19-9-6-15(21(23,24)25)13-18(19)27-20(28)17-3-1-2-12-26-17/h1-9,12-13H,10-11H2. The topological polar surface area (TPSA) is 30.7 Å². The maximum absolute atomic E-state index is 13.1. The average Bonchev–Trinajstić information content (AvgIpc) is 3.08. The second-order valence-electron chi connectivity index (χ2n) is 6.29. The molecule has 4 rings (SSSR count). The van der Waals surface area contributed by atoms with Crippen molar-refractivity contribution in [1.82, 2.24) is 14.5 Å². The van der Waals surface area contributed by atoms with Crippen molar-refractivity contribution in [2.45, 2.75) is 12.6 Å². The third-order valence-electron chi connectivity index (χ3n) is 4.45. The second kappa shape index (κ2) is 7.28. The molecule has 0 amide bonds. The Morgan fingerprint density at radius 2 is 1.75 bits per heavy atom. The molecule has 142 valence electrons. The monoisotopic (exact) mass is 401 g/mol. The summed E-state index contributed by atoms with van der Waals surface area (Å²) < 4.78 is 41.2. The number of pyridine rings is 1. The highest BCUT2D eigenvalue weighted by Gasteiger charge is 2.31. The molecule has 28 heavy (non-hydrogen) atoms. The summed E-state index contributed by atoms with van der Waals surface area (Å²) in [4.78, 5) is 8.80. The fourth-order valence-electron chi connectivity index (χ4n) is 3.11. The van der Waals surface area contributed by atoms with Gasteiger partial charge in [0, 0.05) is 17.8 Å². The van der Waals surface area contributed by atoms with Crippen LogP contribution < -0.4 is 0 Å². The highest BCUT2D eigenvalue weighted by atomic mass is 35.5. The summed E-state index contributed by atoms with van der Waals surface area (Å²) >= 11 is 5.80. The van der Waals surface area contributed by atoms with Crippen LogP contribution in [0.5, 0.6) is 0 Å². The van der Waals surface area contributed by atoms with Gasteiger partial charge in [-0.3, -0.25) is 9.55 Å². The molecule has 2 aromatic heterocycles. The van der Waals surface area contributed by atoms with Crippen molar-refractivity contribution in [2.75, 3.05) is 5.88 Å². The van der Waals surface area contributed by atoms with E-state index >= 15 is 0 Å². The summed E-state index contributed by atoms with van der Waals surface area (Å²) in [6.07, 6.45) is -2.05. The van der Waals surface area contributed by atoms with Crippen LogP contribution in [0.2, 0.25) is 0 Å². The molecule has 0 radical (unpaired) electrons. The zero-order chi connectivity index (χ0) is 19.7. The van der Waals surface area contributed by atoms with E-state index in [9.17, 15) is 13.2 Å². The number of hydrogen-bond acceptors (Lipinski definition) is 2. The number of fused-ring (bicyclic) bond motifs is 1. The molecule has 3 nitrogen and oxygen atoms in total. The molecule has 0 unspecified atom stereocenters. The summed E-state index contributed by atoms with van der Waals surface area (Å²) in [5.41, 5.74) is 2.58. The lowest BCUT2D eigenvalue weighted by molar-refractivity contribution is -0.137. The first-order chi connectivity index (χ1) is 13.5. The van der Waals surface area contributed by atoms with Gasteiger partial charge in [0.1, 0.15) is 5.69 Å². The molecule has 4 aromatic rings. The number of nitrogens with zero attached hydrogens (tertiary/aromatic N) is 3. The minimum Gasteiger partial charge on any atom is -0.291 e. The minimum atomic E-state index is -4.42. The highest BCUT2D eigenvalue weighted by Crippen LogP contribution is 2.34. The lowest BCUT2D eigenvalue weighted by Gasteiger charge is -2.10. The Hall–Kier alpha value is -2.86. The maximum Gasteiger partial charge on any atom is 0.416 e. The number of rotatable bonds is 4. The molecule has 0 spiro atoms. The Morgan fingerprint density at radius 1 is 0.964 bits per heavy atom. The van der Waals surface area contributed by atoms with Crippen LogP contribution in [0.1, 0.15) is 11.1 Å². The Morgan fingerprint density at radius 3 is 2.39 bits per heavy atom. The highest BCUT2D eigenvalue weighted by molar-refractivity contribution is 6.17. The predicted molar refractivity (Wildman–Crippen MR) is 104 cm³/mol. The number of aryl methyl sites for hydroxylation is 1. The van der Waals surface area contributed by atoms with Gasteiger partial charge in [0.05, 0.1) is 16.6 Å². The first kappa shape index (κ1) is 18.5. The van der Waals surface area contributed by atoms with Crippen LogP contribution in [-0.4, -0.2) is 20.4 Å². The molecule has 0 N–H and O–H groups in total. The van der Waals surface area contributed by atoms with Gasteiger partial charge in [0.2, 0.25) is 0 Å². The van der Waals surface area contributed by atoms with Crippen molar-refractivity contribution in [3.8, 4) is 17.2 Å². The lowest BCUT2D eigenvalue weighted by atomic mass is 10.1. The van der Waals surface area contributed by atoms with E-state index in [4.69, 9.17) is 11.6 Å². The number of hydrogen-bond donors (Lipinski definition) is 0. The summed E-state index contributed by atoms with van der Waals surface area (Å²) in [6, 6.07) is 16.7. The molecule has 7 heteroatoms. The Balaban J connectivity index is 1.94. The van der Waals surface area contributed by atoms with Gasteiger partial charge in [-0.25, -0.2) is 4.98 Å². The van der Waals surface area contributed by atoms with E-state index in [-0.39, 0.29) is 5.52 Å². The van der Waals surface area contributed by atoms with Crippen LogP contribution in [0.4, 0.5) is 13.2 Å². The quantitative estimate of drug-likeness (QED) is 0.399. The van der Waals surface area contributed by atoms with Crippen LogP contribution in [-0.2, 0) is 12.6 Å². The maximum atomic E-state index is 13.1. The van der Waals surface area contributed by atoms with Crippen molar-refractivity contribution >= 4 is 22.6 Å². The largest absolute Gasteiger partial charge is 0.416 e. The van der Waals surface area contributed by atoms with E-state index in [1.165, 1.54) is 6.07 Å². The fraction of sp³-hybridized carbons (Fsp3) is 0.143. The number of benzene rings is 2. The summed E-state index contributed by atoms with van der Waals surface area (Å²) in [7, 11) is 0. The SMILES string of the molecule is FC(F)(F)c1ccc2c(c1)nc(-c1ccccn1)n2-c1ccc(CCCl)cc1. The van der Waals surface area contributed by atoms with Crippen molar-refractivity contribution in [1.29, 1.82) is 0 Å². The van der Waals surface area contributed by atoms with Gasteiger partial charge in [0.15, 0.2) is 5.82 Å². The molecule has 0 aliphatic heterocycles. The van der Waals surface area contributed by atoms with Gasteiger partial charge < -0.3 is 0 Å². The molecule has 0 aliphatic carbocycles. The summed E-state index contributed by atoms with van der Waals surface area (Å²) in [6.45, 7) is 0.